The van der Waals surface area contributed by atoms with E-state index >= 15 is 0 Å². The van der Waals surface area contributed by atoms with Crippen LogP contribution in [0.5, 0.6) is 0 Å². The molecule has 3 heteroatoms. The van der Waals surface area contributed by atoms with Gasteiger partial charge in [-0.15, -0.1) is 0 Å². The zero-order valence-corrected chi connectivity index (χ0v) is 10.8. The Morgan fingerprint density at radius 3 is 2.40 bits per heavy atom. The molecule has 1 rings (SSSR count). The summed E-state index contributed by atoms with van der Waals surface area (Å²) in [5.41, 5.74) is 1.01. The molecule has 0 aliphatic carbocycles. The summed E-state index contributed by atoms with van der Waals surface area (Å²) in [6.07, 6.45) is 0.838. The van der Waals surface area contributed by atoms with E-state index in [1.165, 1.54) is 5.56 Å². The molecule has 1 atom stereocenters. The van der Waals surface area contributed by atoms with Crippen molar-refractivity contribution in [1.82, 2.24) is 5.32 Å². The smallest absolute Gasteiger partial charge is 0.0613 e. The largest absolute Gasteiger partial charge is 0.394 e. The highest BCUT2D eigenvalue weighted by Crippen LogP contribution is 2.16. The van der Waals surface area contributed by atoms with E-state index in [1.807, 2.05) is 19.1 Å². The molecule has 0 amide bonds. The van der Waals surface area contributed by atoms with Crippen molar-refractivity contribution in [2.45, 2.75) is 25.8 Å². The zero-order chi connectivity index (χ0) is 11.3. The first-order valence-electron chi connectivity index (χ1n) is 5.20. The van der Waals surface area contributed by atoms with Crippen molar-refractivity contribution in [3.63, 3.8) is 0 Å². The molecule has 0 saturated heterocycles. The number of aliphatic hydroxyl groups is 1. The van der Waals surface area contributed by atoms with Crippen LogP contribution >= 0.6 is 15.9 Å². The van der Waals surface area contributed by atoms with Gasteiger partial charge in [-0.3, -0.25) is 0 Å². The van der Waals surface area contributed by atoms with Crippen LogP contribution in [0.1, 0.15) is 19.4 Å². The van der Waals surface area contributed by atoms with Crippen molar-refractivity contribution in [1.29, 1.82) is 0 Å². The number of halogens is 1. The molecule has 0 fully saturated rings. The Kier molecular flexibility index (Phi) is 4.77. The maximum absolute atomic E-state index is 9.36. The Bertz CT molecular complexity index is 299. The van der Waals surface area contributed by atoms with Gasteiger partial charge in [0, 0.05) is 10.0 Å². The topological polar surface area (TPSA) is 32.3 Å². The molecule has 0 aromatic heterocycles. The van der Waals surface area contributed by atoms with Crippen LogP contribution in [0.2, 0.25) is 0 Å². The molecule has 0 radical (unpaired) electrons. The Hall–Kier alpha value is -0.380. The van der Waals surface area contributed by atoms with E-state index in [0.717, 1.165) is 17.4 Å². The first-order chi connectivity index (χ1) is 7.09. The molecule has 0 aliphatic rings. The Morgan fingerprint density at radius 2 is 1.93 bits per heavy atom. The van der Waals surface area contributed by atoms with Gasteiger partial charge in [-0.2, -0.15) is 0 Å². The minimum Gasteiger partial charge on any atom is -0.394 e. The van der Waals surface area contributed by atoms with E-state index in [-0.39, 0.29) is 12.1 Å². The molecule has 15 heavy (non-hydrogen) atoms. The molecule has 0 heterocycles. The number of hydrogen-bond acceptors (Lipinski definition) is 2. The second kappa shape index (κ2) is 5.64. The summed E-state index contributed by atoms with van der Waals surface area (Å²) >= 11 is 3.41. The van der Waals surface area contributed by atoms with Gasteiger partial charge < -0.3 is 10.4 Å². The zero-order valence-electron chi connectivity index (χ0n) is 9.26. The SMILES string of the molecule is CCNC(C)(CO)Cc1ccc(Br)cc1. The number of likely N-dealkylation sites (N-methyl/N-ethyl adjacent to an activating group) is 1. The highest BCUT2D eigenvalue weighted by molar-refractivity contribution is 9.10. The van der Waals surface area contributed by atoms with Gasteiger partial charge in [0.2, 0.25) is 0 Å². The Labute approximate surface area is 99.8 Å². The normalized spacial score (nSPS) is 14.9. The highest BCUT2D eigenvalue weighted by atomic mass is 79.9. The molecule has 84 valence electrons. The van der Waals surface area contributed by atoms with Crippen molar-refractivity contribution in [2.24, 2.45) is 0 Å². The van der Waals surface area contributed by atoms with E-state index in [0.29, 0.717) is 0 Å². The van der Waals surface area contributed by atoms with Crippen LogP contribution in [-0.2, 0) is 6.42 Å². The second-order valence-corrected chi connectivity index (χ2v) is 4.97. The van der Waals surface area contributed by atoms with Crippen molar-refractivity contribution >= 4 is 15.9 Å². The highest BCUT2D eigenvalue weighted by Gasteiger charge is 2.21. The summed E-state index contributed by atoms with van der Waals surface area (Å²) in [7, 11) is 0. The Balaban J connectivity index is 2.70. The number of rotatable bonds is 5. The van der Waals surface area contributed by atoms with Gasteiger partial charge in [0.05, 0.1) is 6.61 Å². The van der Waals surface area contributed by atoms with Gasteiger partial charge in [0.1, 0.15) is 0 Å². The molecule has 0 bridgehead atoms. The molecular formula is C12H18BrNO. The second-order valence-electron chi connectivity index (χ2n) is 4.05. The van der Waals surface area contributed by atoms with Crippen LogP contribution < -0.4 is 5.32 Å². The lowest BCUT2D eigenvalue weighted by Gasteiger charge is -2.28. The van der Waals surface area contributed by atoms with E-state index in [2.05, 4.69) is 40.3 Å². The maximum Gasteiger partial charge on any atom is 0.0613 e. The summed E-state index contributed by atoms with van der Waals surface area (Å²) in [4.78, 5) is 0. The first-order valence-corrected chi connectivity index (χ1v) is 5.99. The minimum atomic E-state index is -0.220. The standard InChI is InChI=1S/C12H18BrNO/c1-3-14-12(2,9-15)8-10-4-6-11(13)7-5-10/h4-7,14-15H,3,8-9H2,1-2H3. The minimum absolute atomic E-state index is 0.150. The van der Waals surface area contributed by atoms with Gasteiger partial charge in [0.25, 0.3) is 0 Å². The number of aliphatic hydroxyl groups excluding tert-OH is 1. The van der Waals surface area contributed by atoms with E-state index in [4.69, 9.17) is 0 Å². The Morgan fingerprint density at radius 1 is 1.33 bits per heavy atom. The summed E-state index contributed by atoms with van der Waals surface area (Å²) in [6.45, 7) is 5.11. The van der Waals surface area contributed by atoms with Gasteiger partial charge in [0.15, 0.2) is 0 Å². The molecule has 0 saturated carbocycles. The van der Waals surface area contributed by atoms with Gasteiger partial charge in [-0.1, -0.05) is 35.0 Å². The third-order valence-electron chi connectivity index (χ3n) is 2.46. The van der Waals surface area contributed by atoms with Gasteiger partial charge >= 0.3 is 0 Å². The molecule has 1 aromatic carbocycles. The van der Waals surface area contributed by atoms with E-state index < -0.39 is 0 Å². The summed E-state index contributed by atoms with van der Waals surface area (Å²) in [5.74, 6) is 0. The van der Waals surface area contributed by atoms with Crippen molar-refractivity contribution in [3.8, 4) is 0 Å². The average molecular weight is 272 g/mol. The lowest BCUT2D eigenvalue weighted by atomic mass is 9.94. The van der Waals surface area contributed by atoms with Crippen LogP contribution in [0.15, 0.2) is 28.7 Å². The fraction of sp³-hybridized carbons (Fsp3) is 0.500. The fourth-order valence-corrected chi connectivity index (χ4v) is 1.92. The summed E-state index contributed by atoms with van der Waals surface area (Å²) in [5, 5.41) is 12.7. The molecule has 1 unspecified atom stereocenters. The first kappa shape index (κ1) is 12.7. The fourth-order valence-electron chi connectivity index (χ4n) is 1.65. The van der Waals surface area contributed by atoms with Gasteiger partial charge in [-0.05, 0) is 37.6 Å². The average Bonchev–Trinajstić information content (AvgIpc) is 2.22. The molecule has 2 nitrogen and oxygen atoms in total. The predicted octanol–water partition coefficient (Wildman–Crippen LogP) is 2.35. The molecular weight excluding hydrogens is 254 g/mol. The van der Waals surface area contributed by atoms with Crippen LogP contribution in [0.4, 0.5) is 0 Å². The number of benzene rings is 1. The summed E-state index contributed by atoms with van der Waals surface area (Å²) < 4.78 is 1.08. The van der Waals surface area contributed by atoms with Crippen molar-refractivity contribution < 1.29 is 5.11 Å². The predicted molar refractivity (Wildman–Crippen MR) is 67.0 cm³/mol. The van der Waals surface area contributed by atoms with E-state index in [1.54, 1.807) is 0 Å². The maximum atomic E-state index is 9.36. The molecule has 0 aliphatic heterocycles. The number of hydrogen-bond donors (Lipinski definition) is 2. The lowest BCUT2D eigenvalue weighted by Crippen LogP contribution is -2.47. The van der Waals surface area contributed by atoms with Crippen LogP contribution in [0, 0.1) is 0 Å². The molecule has 1 aromatic rings. The van der Waals surface area contributed by atoms with Crippen LogP contribution in [0.25, 0.3) is 0 Å². The summed E-state index contributed by atoms with van der Waals surface area (Å²) in [6, 6.07) is 8.21. The third kappa shape index (κ3) is 3.93. The monoisotopic (exact) mass is 271 g/mol. The third-order valence-corrected chi connectivity index (χ3v) is 2.99. The van der Waals surface area contributed by atoms with E-state index in [9.17, 15) is 5.11 Å². The lowest BCUT2D eigenvalue weighted by molar-refractivity contribution is 0.176. The molecule has 0 spiro atoms. The van der Waals surface area contributed by atoms with Crippen molar-refractivity contribution in [2.75, 3.05) is 13.2 Å². The van der Waals surface area contributed by atoms with Gasteiger partial charge in [-0.25, -0.2) is 0 Å². The number of nitrogens with one attached hydrogen (secondary N) is 1. The van der Waals surface area contributed by atoms with Crippen molar-refractivity contribution in [3.05, 3.63) is 34.3 Å². The van der Waals surface area contributed by atoms with Crippen LogP contribution in [0.3, 0.4) is 0 Å². The quantitative estimate of drug-likeness (QED) is 0.862. The molecule has 2 N–H and O–H groups in total. The van der Waals surface area contributed by atoms with Crippen LogP contribution in [-0.4, -0.2) is 23.8 Å².